The maximum Gasteiger partial charge on any atom is 0.417 e. The fraction of sp³-hybridized carbons (Fsp3) is 0.471. The topological polar surface area (TPSA) is 76.3 Å². The van der Waals surface area contributed by atoms with Crippen molar-refractivity contribution in [2.24, 2.45) is 16.6 Å². The van der Waals surface area contributed by atoms with Gasteiger partial charge in [-0.2, -0.15) is 13.2 Å². The molecule has 2 heterocycles. The van der Waals surface area contributed by atoms with E-state index in [2.05, 4.69) is 4.98 Å². The molecule has 1 aliphatic heterocycles. The molecule has 0 saturated carbocycles. The van der Waals surface area contributed by atoms with Crippen molar-refractivity contribution in [1.82, 2.24) is 9.88 Å². The Kier molecular flexibility index (Phi) is 3.70. The number of nitrogens with two attached hydrogens (primary N) is 1. The number of amides is 1. The van der Waals surface area contributed by atoms with Gasteiger partial charge in [-0.25, -0.2) is 0 Å². The van der Waals surface area contributed by atoms with Crippen LogP contribution in [-0.2, 0) is 11.0 Å². The number of halogens is 3. The Labute approximate surface area is 142 Å². The lowest BCUT2D eigenvalue weighted by atomic mass is 9.62. The van der Waals surface area contributed by atoms with E-state index in [-0.39, 0.29) is 17.0 Å². The summed E-state index contributed by atoms with van der Waals surface area (Å²) in [5.41, 5.74) is 3.92. The predicted octanol–water partition coefficient (Wildman–Crippen LogP) is 2.38. The number of pyridine rings is 1. The van der Waals surface area contributed by atoms with Crippen molar-refractivity contribution in [3.8, 4) is 0 Å². The number of carbonyl (C=O) groups excluding carboxylic acids is 2. The molecule has 8 heteroatoms. The maximum absolute atomic E-state index is 12.8. The molecule has 0 unspecified atom stereocenters. The first-order valence-electron chi connectivity index (χ1n) is 7.78. The molecule has 1 aromatic heterocycles. The third kappa shape index (κ3) is 3.01. The minimum absolute atomic E-state index is 0.104. The predicted molar refractivity (Wildman–Crippen MR) is 83.3 cm³/mol. The lowest BCUT2D eigenvalue weighted by Crippen LogP contribution is -2.61. The van der Waals surface area contributed by atoms with Crippen molar-refractivity contribution in [3.63, 3.8) is 0 Å². The van der Waals surface area contributed by atoms with Crippen LogP contribution >= 0.6 is 0 Å². The Morgan fingerprint density at radius 2 is 1.92 bits per heavy atom. The Morgan fingerprint density at radius 3 is 2.48 bits per heavy atom. The van der Waals surface area contributed by atoms with Crippen molar-refractivity contribution >= 4 is 11.7 Å². The third-order valence-electron chi connectivity index (χ3n) is 4.74. The highest BCUT2D eigenvalue weighted by Gasteiger charge is 2.52. The maximum atomic E-state index is 12.8. The molecule has 2 aliphatic rings. The number of ketones is 1. The van der Waals surface area contributed by atoms with E-state index in [4.69, 9.17) is 5.73 Å². The molecule has 3 rings (SSSR count). The second-order valence-corrected chi connectivity index (χ2v) is 7.47. The van der Waals surface area contributed by atoms with E-state index < -0.39 is 28.5 Å². The highest BCUT2D eigenvalue weighted by Crippen LogP contribution is 2.47. The Morgan fingerprint density at radius 1 is 1.28 bits per heavy atom. The molecule has 1 saturated heterocycles. The standard InChI is InChI=1S/C17H18F3N3O2/c1-15(2)7-16(4-12(21)13(15)24)8-23(9-16)14(25)10-3-11(6-22-5-10)17(18,19)20/h3-6H,7-9,21H2,1-2H3. The quantitative estimate of drug-likeness (QED) is 0.841. The van der Waals surface area contributed by atoms with Gasteiger partial charge < -0.3 is 10.6 Å². The van der Waals surface area contributed by atoms with Crippen LogP contribution in [-0.4, -0.2) is 34.7 Å². The first kappa shape index (κ1) is 17.4. The second kappa shape index (κ2) is 5.31. The van der Waals surface area contributed by atoms with Crippen LogP contribution in [0.3, 0.4) is 0 Å². The van der Waals surface area contributed by atoms with Crippen LogP contribution in [0.5, 0.6) is 0 Å². The number of hydrogen-bond acceptors (Lipinski definition) is 4. The first-order chi connectivity index (χ1) is 11.4. The van der Waals surface area contributed by atoms with Crippen molar-refractivity contribution in [2.75, 3.05) is 13.1 Å². The molecule has 134 valence electrons. The molecule has 1 aliphatic carbocycles. The number of allylic oxidation sites excluding steroid dienone is 1. The Balaban J connectivity index is 1.77. The Bertz CT molecular complexity index is 778. The number of nitrogens with zero attached hydrogens (tertiary/aromatic N) is 2. The summed E-state index contributed by atoms with van der Waals surface area (Å²) in [6, 6.07) is 0.804. The average molecular weight is 353 g/mol. The molecule has 1 fully saturated rings. The zero-order chi connectivity index (χ0) is 18.6. The van der Waals surface area contributed by atoms with E-state index in [1.54, 1.807) is 19.9 Å². The number of carbonyl (C=O) groups is 2. The summed E-state index contributed by atoms with van der Waals surface area (Å²) < 4.78 is 38.3. The summed E-state index contributed by atoms with van der Waals surface area (Å²) >= 11 is 0. The summed E-state index contributed by atoms with van der Waals surface area (Å²) in [4.78, 5) is 29.5. The Hall–Kier alpha value is -2.38. The molecule has 0 atom stereocenters. The molecular weight excluding hydrogens is 335 g/mol. The summed E-state index contributed by atoms with van der Waals surface area (Å²) in [6.07, 6.45) is -0.502. The van der Waals surface area contributed by atoms with Gasteiger partial charge in [0.15, 0.2) is 5.78 Å². The van der Waals surface area contributed by atoms with Crippen LogP contribution in [0.25, 0.3) is 0 Å². The van der Waals surface area contributed by atoms with Crippen LogP contribution in [0, 0.1) is 10.8 Å². The van der Waals surface area contributed by atoms with Gasteiger partial charge in [-0.05, 0) is 18.6 Å². The zero-order valence-corrected chi connectivity index (χ0v) is 13.9. The third-order valence-corrected chi connectivity index (χ3v) is 4.74. The number of Topliss-reactive ketones (excluding diaryl/α,β-unsaturated/α-hetero) is 1. The lowest BCUT2D eigenvalue weighted by Gasteiger charge is -2.53. The average Bonchev–Trinajstić information content (AvgIpc) is 2.48. The van der Waals surface area contributed by atoms with Crippen LogP contribution in [0.15, 0.2) is 30.2 Å². The number of hydrogen-bond donors (Lipinski definition) is 1. The molecule has 2 N–H and O–H groups in total. The fourth-order valence-electron chi connectivity index (χ4n) is 3.75. The number of likely N-dealkylation sites (tertiary alicyclic amines) is 1. The van der Waals surface area contributed by atoms with E-state index in [0.717, 1.165) is 12.3 Å². The summed E-state index contributed by atoms with van der Waals surface area (Å²) in [5, 5.41) is 0. The molecule has 0 aromatic carbocycles. The van der Waals surface area contributed by atoms with Crippen molar-refractivity contribution in [3.05, 3.63) is 41.4 Å². The van der Waals surface area contributed by atoms with E-state index in [9.17, 15) is 22.8 Å². The van der Waals surface area contributed by atoms with E-state index >= 15 is 0 Å². The highest BCUT2D eigenvalue weighted by molar-refractivity contribution is 6.00. The molecule has 0 radical (unpaired) electrons. The minimum Gasteiger partial charge on any atom is -0.396 e. The lowest BCUT2D eigenvalue weighted by molar-refractivity contribution is -0.137. The normalized spacial score (nSPS) is 21.7. The second-order valence-electron chi connectivity index (χ2n) is 7.47. The monoisotopic (exact) mass is 353 g/mol. The molecule has 5 nitrogen and oxygen atoms in total. The van der Waals surface area contributed by atoms with Gasteiger partial charge in [-0.3, -0.25) is 14.6 Å². The van der Waals surface area contributed by atoms with Crippen molar-refractivity contribution < 1.29 is 22.8 Å². The zero-order valence-electron chi connectivity index (χ0n) is 13.9. The van der Waals surface area contributed by atoms with Crippen molar-refractivity contribution in [2.45, 2.75) is 26.4 Å². The van der Waals surface area contributed by atoms with E-state index in [1.165, 1.54) is 4.90 Å². The number of alkyl halides is 3. The SMILES string of the molecule is CC1(C)CC2(C=C(N)C1=O)CN(C(=O)c1cncc(C(F)(F)F)c1)C2. The van der Waals surface area contributed by atoms with Gasteiger partial charge in [-0.15, -0.1) is 0 Å². The molecular formula is C17H18F3N3O2. The number of aromatic nitrogens is 1. The summed E-state index contributed by atoms with van der Waals surface area (Å²) in [6.45, 7) is 4.25. The van der Waals surface area contributed by atoms with Gasteiger partial charge in [0.1, 0.15) is 0 Å². The summed E-state index contributed by atoms with van der Waals surface area (Å²) in [5.74, 6) is -0.629. The highest BCUT2D eigenvalue weighted by atomic mass is 19.4. The largest absolute Gasteiger partial charge is 0.417 e. The van der Waals surface area contributed by atoms with Crippen LogP contribution in [0.1, 0.15) is 36.2 Å². The van der Waals surface area contributed by atoms with Gasteiger partial charge in [0.05, 0.1) is 16.8 Å². The smallest absolute Gasteiger partial charge is 0.396 e. The molecule has 1 aromatic rings. The molecule has 25 heavy (non-hydrogen) atoms. The molecule has 0 bridgehead atoms. The first-order valence-corrected chi connectivity index (χ1v) is 7.78. The van der Waals surface area contributed by atoms with Crippen LogP contribution < -0.4 is 5.73 Å². The van der Waals surface area contributed by atoms with E-state index in [0.29, 0.717) is 25.7 Å². The van der Waals surface area contributed by atoms with Gasteiger partial charge in [0.25, 0.3) is 5.91 Å². The molecule has 1 spiro atoms. The fourth-order valence-corrected chi connectivity index (χ4v) is 3.75. The van der Waals surface area contributed by atoms with Gasteiger partial charge in [0, 0.05) is 36.3 Å². The number of rotatable bonds is 1. The van der Waals surface area contributed by atoms with Gasteiger partial charge in [0.2, 0.25) is 0 Å². The minimum atomic E-state index is -4.55. The van der Waals surface area contributed by atoms with Gasteiger partial charge >= 0.3 is 6.18 Å². The molecule has 1 amide bonds. The van der Waals surface area contributed by atoms with Gasteiger partial charge in [-0.1, -0.05) is 13.8 Å². The van der Waals surface area contributed by atoms with Crippen molar-refractivity contribution in [1.29, 1.82) is 0 Å². The van der Waals surface area contributed by atoms with Crippen LogP contribution in [0.4, 0.5) is 13.2 Å². The summed E-state index contributed by atoms with van der Waals surface area (Å²) in [7, 11) is 0. The van der Waals surface area contributed by atoms with Crippen LogP contribution in [0.2, 0.25) is 0 Å². The van der Waals surface area contributed by atoms with E-state index in [1.807, 2.05) is 0 Å².